The highest BCUT2D eigenvalue weighted by Gasteiger charge is 2.17. The van der Waals surface area contributed by atoms with Crippen LogP contribution in [-0.4, -0.2) is 18.6 Å². The Morgan fingerprint density at radius 2 is 1.37 bits per heavy atom. The van der Waals surface area contributed by atoms with E-state index in [0.717, 1.165) is 5.69 Å². The van der Waals surface area contributed by atoms with Gasteiger partial charge in [0.1, 0.15) is 0 Å². The molecule has 0 amide bonds. The van der Waals surface area contributed by atoms with E-state index in [-0.39, 0.29) is 11.6 Å². The Bertz CT molecular complexity index is 632. The molecule has 0 bridgehead atoms. The van der Waals surface area contributed by atoms with E-state index in [0.29, 0.717) is 16.7 Å². The standard InChI is InChI=1S/C16H15NO2/c1-11(18)12-7-3-4-8-13(12)16(19)14-9-5-6-10-15(14)17-2/h3-10,17H,1-2H3. The van der Waals surface area contributed by atoms with Gasteiger partial charge in [0.05, 0.1) is 0 Å². The number of ketones is 2. The van der Waals surface area contributed by atoms with Crippen LogP contribution in [0.25, 0.3) is 0 Å². The Morgan fingerprint density at radius 3 is 1.95 bits per heavy atom. The van der Waals surface area contributed by atoms with Gasteiger partial charge in [-0.3, -0.25) is 9.59 Å². The maximum absolute atomic E-state index is 12.6. The number of anilines is 1. The van der Waals surface area contributed by atoms with Gasteiger partial charge in [-0.25, -0.2) is 0 Å². The first kappa shape index (κ1) is 13.0. The van der Waals surface area contributed by atoms with Crippen molar-refractivity contribution >= 4 is 17.3 Å². The first-order valence-electron chi connectivity index (χ1n) is 6.06. The fraction of sp³-hybridized carbons (Fsp3) is 0.125. The summed E-state index contributed by atoms with van der Waals surface area (Å²) in [7, 11) is 1.77. The molecule has 0 aliphatic rings. The van der Waals surface area contributed by atoms with Crippen LogP contribution in [0.2, 0.25) is 0 Å². The summed E-state index contributed by atoms with van der Waals surface area (Å²) in [4.78, 5) is 24.1. The van der Waals surface area contributed by atoms with E-state index in [1.165, 1.54) is 6.92 Å². The Hall–Kier alpha value is -2.42. The van der Waals surface area contributed by atoms with Gasteiger partial charge in [-0.05, 0) is 19.1 Å². The topological polar surface area (TPSA) is 46.2 Å². The molecular formula is C16H15NO2. The van der Waals surface area contributed by atoms with Crippen LogP contribution in [0, 0.1) is 0 Å². The van der Waals surface area contributed by atoms with Crippen LogP contribution in [0.15, 0.2) is 48.5 Å². The van der Waals surface area contributed by atoms with Crippen LogP contribution in [0.5, 0.6) is 0 Å². The lowest BCUT2D eigenvalue weighted by atomic mass is 9.95. The fourth-order valence-electron chi connectivity index (χ4n) is 2.03. The molecule has 0 fully saturated rings. The second kappa shape index (κ2) is 5.48. The molecule has 3 heteroatoms. The number of rotatable bonds is 4. The number of para-hydroxylation sites is 1. The normalized spacial score (nSPS) is 10.0. The lowest BCUT2D eigenvalue weighted by Gasteiger charge is -2.10. The second-order valence-corrected chi connectivity index (χ2v) is 4.23. The molecule has 0 aliphatic carbocycles. The summed E-state index contributed by atoms with van der Waals surface area (Å²) in [6, 6.07) is 14.2. The van der Waals surface area contributed by atoms with Gasteiger partial charge < -0.3 is 5.32 Å². The quantitative estimate of drug-likeness (QED) is 0.851. The third-order valence-corrected chi connectivity index (χ3v) is 2.99. The molecule has 0 heterocycles. The summed E-state index contributed by atoms with van der Waals surface area (Å²) in [5.74, 6) is -0.248. The fourth-order valence-corrected chi connectivity index (χ4v) is 2.03. The largest absolute Gasteiger partial charge is 0.388 e. The second-order valence-electron chi connectivity index (χ2n) is 4.23. The number of benzene rings is 2. The number of carbonyl (C=O) groups is 2. The number of hydrogen-bond acceptors (Lipinski definition) is 3. The van der Waals surface area contributed by atoms with Crippen molar-refractivity contribution in [1.82, 2.24) is 0 Å². The first-order valence-corrected chi connectivity index (χ1v) is 6.06. The lowest BCUT2D eigenvalue weighted by molar-refractivity contribution is 0.0990. The third-order valence-electron chi connectivity index (χ3n) is 2.99. The molecule has 1 N–H and O–H groups in total. The molecule has 96 valence electrons. The molecule has 0 saturated heterocycles. The van der Waals surface area contributed by atoms with Crippen molar-refractivity contribution in [3.63, 3.8) is 0 Å². The predicted molar refractivity (Wildman–Crippen MR) is 75.9 cm³/mol. The summed E-state index contributed by atoms with van der Waals surface area (Å²) in [6.45, 7) is 1.47. The molecule has 0 saturated carbocycles. The number of Topliss-reactive ketones (excluding diaryl/α,β-unsaturated/α-hetero) is 1. The molecular weight excluding hydrogens is 238 g/mol. The SMILES string of the molecule is CNc1ccccc1C(=O)c1ccccc1C(C)=O. The van der Waals surface area contributed by atoms with Gasteiger partial charge in [-0.1, -0.05) is 36.4 Å². The molecule has 2 aromatic rings. The summed E-state index contributed by atoms with van der Waals surface area (Å²) in [6.07, 6.45) is 0. The minimum absolute atomic E-state index is 0.106. The van der Waals surface area contributed by atoms with Crippen molar-refractivity contribution in [2.24, 2.45) is 0 Å². The molecule has 0 aromatic heterocycles. The molecule has 0 aliphatic heterocycles. The molecule has 0 radical (unpaired) electrons. The molecule has 19 heavy (non-hydrogen) atoms. The van der Waals surface area contributed by atoms with Crippen LogP contribution in [-0.2, 0) is 0 Å². The maximum Gasteiger partial charge on any atom is 0.195 e. The van der Waals surface area contributed by atoms with Gasteiger partial charge in [-0.15, -0.1) is 0 Å². The lowest BCUT2D eigenvalue weighted by Crippen LogP contribution is -2.10. The average Bonchev–Trinajstić information content (AvgIpc) is 2.46. The van der Waals surface area contributed by atoms with E-state index >= 15 is 0 Å². The molecule has 0 spiro atoms. The highest BCUT2D eigenvalue weighted by Crippen LogP contribution is 2.21. The van der Waals surface area contributed by atoms with E-state index in [1.807, 2.05) is 18.2 Å². The molecule has 0 atom stereocenters. The van der Waals surface area contributed by atoms with Gasteiger partial charge in [0.2, 0.25) is 0 Å². The molecule has 3 nitrogen and oxygen atoms in total. The predicted octanol–water partition coefficient (Wildman–Crippen LogP) is 3.16. The van der Waals surface area contributed by atoms with Crippen LogP contribution in [0.1, 0.15) is 33.2 Å². The van der Waals surface area contributed by atoms with Crippen molar-refractivity contribution in [1.29, 1.82) is 0 Å². The minimum Gasteiger partial charge on any atom is -0.388 e. The van der Waals surface area contributed by atoms with Crippen molar-refractivity contribution in [3.05, 3.63) is 65.2 Å². The van der Waals surface area contributed by atoms with Crippen molar-refractivity contribution in [2.45, 2.75) is 6.92 Å². The van der Waals surface area contributed by atoms with Gasteiger partial charge in [-0.2, -0.15) is 0 Å². The Kier molecular flexibility index (Phi) is 3.76. The molecule has 2 rings (SSSR count). The zero-order valence-corrected chi connectivity index (χ0v) is 10.9. The van der Waals surface area contributed by atoms with E-state index in [9.17, 15) is 9.59 Å². The average molecular weight is 253 g/mol. The van der Waals surface area contributed by atoms with Gasteiger partial charge in [0.25, 0.3) is 0 Å². The monoisotopic (exact) mass is 253 g/mol. The van der Waals surface area contributed by atoms with Gasteiger partial charge in [0, 0.05) is 29.4 Å². The summed E-state index contributed by atoms with van der Waals surface area (Å²) in [5.41, 5.74) is 2.22. The van der Waals surface area contributed by atoms with Crippen molar-refractivity contribution in [3.8, 4) is 0 Å². The van der Waals surface area contributed by atoms with Crippen LogP contribution >= 0.6 is 0 Å². The van der Waals surface area contributed by atoms with E-state index in [4.69, 9.17) is 0 Å². The summed E-state index contributed by atoms with van der Waals surface area (Å²) < 4.78 is 0. The maximum atomic E-state index is 12.6. The number of nitrogens with one attached hydrogen (secondary N) is 1. The number of hydrogen-bond donors (Lipinski definition) is 1. The number of carbonyl (C=O) groups excluding carboxylic acids is 2. The highest BCUT2D eigenvalue weighted by atomic mass is 16.1. The van der Waals surface area contributed by atoms with Crippen LogP contribution < -0.4 is 5.32 Å². The third kappa shape index (κ3) is 2.55. The Labute approximate surface area is 112 Å². The van der Waals surface area contributed by atoms with Crippen LogP contribution in [0.3, 0.4) is 0 Å². The van der Waals surface area contributed by atoms with E-state index < -0.39 is 0 Å². The Morgan fingerprint density at radius 1 is 0.842 bits per heavy atom. The summed E-state index contributed by atoms with van der Waals surface area (Å²) >= 11 is 0. The van der Waals surface area contributed by atoms with Gasteiger partial charge >= 0.3 is 0 Å². The molecule has 2 aromatic carbocycles. The van der Waals surface area contributed by atoms with E-state index in [2.05, 4.69) is 5.32 Å². The van der Waals surface area contributed by atoms with Crippen molar-refractivity contribution < 1.29 is 9.59 Å². The van der Waals surface area contributed by atoms with Gasteiger partial charge in [0.15, 0.2) is 11.6 Å². The zero-order chi connectivity index (χ0) is 13.8. The zero-order valence-electron chi connectivity index (χ0n) is 10.9. The highest BCUT2D eigenvalue weighted by molar-refractivity contribution is 6.17. The Balaban J connectivity index is 2.53. The van der Waals surface area contributed by atoms with Crippen molar-refractivity contribution in [2.75, 3.05) is 12.4 Å². The summed E-state index contributed by atoms with van der Waals surface area (Å²) in [5, 5.41) is 2.99. The smallest absolute Gasteiger partial charge is 0.195 e. The van der Waals surface area contributed by atoms with E-state index in [1.54, 1.807) is 37.4 Å². The minimum atomic E-state index is -0.143. The molecule has 0 unspecified atom stereocenters. The van der Waals surface area contributed by atoms with Crippen LogP contribution in [0.4, 0.5) is 5.69 Å². The first-order chi connectivity index (χ1) is 9.15.